The zero-order valence-corrected chi connectivity index (χ0v) is 18.3. The molecule has 1 atom stereocenters. The third-order valence-corrected chi connectivity index (χ3v) is 8.18. The van der Waals surface area contributed by atoms with E-state index in [1.807, 2.05) is 0 Å². The van der Waals surface area contributed by atoms with Gasteiger partial charge in [0.15, 0.2) is 0 Å². The minimum Gasteiger partial charge on any atom is -0.368 e. The lowest BCUT2D eigenvalue weighted by Crippen LogP contribution is -2.53. The van der Waals surface area contributed by atoms with E-state index >= 15 is 0 Å². The summed E-state index contributed by atoms with van der Waals surface area (Å²) in [5, 5.41) is 15.5. The molecule has 14 heteroatoms. The normalized spacial score (nSPS) is 16.6. The van der Waals surface area contributed by atoms with Crippen molar-refractivity contribution >= 4 is 38.6 Å². The Morgan fingerprint density at radius 3 is 2.41 bits per heavy atom. The van der Waals surface area contributed by atoms with E-state index in [-0.39, 0.29) is 36.1 Å². The van der Waals surface area contributed by atoms with Gasteiger partial charge in [-0.3, -0.25) is 14.9 Å². The maximum absolute atomic E-state index is 12.9. The van der Waals surface area contributed by atoms with E-state index in [0.29, 0.717) is 12.1 Å². The molecular formula is C18H19F3N4O5S2. The van der Waals surface area contributed by atoms with Crippen molar-refractivity contribution < 1.29 is 31.3 Å². The number of thiophene rings is 1. The van der Waals surface area contributed by atoms with E-state index in [1.165, 1.54) is 22.2 Å². The summed E-state index contributed by atoms with van der Waals surface area (Å²) in [4.78, 5) is 24.4. The highest BCUT2D eigenvalue weighted by molar-refractivity contribution is 7.91. The molecule has 1 aliphatic rings. The van der Waals surface area contributed by atoms with Gasteiger partial charge in [0.05, 0.1) is 10.5 Å². The van der Waals surface area contributed by atoms with Gasteiger partial charge < -0.3 is 10.2 Å². The Bertz CT molecular complexity index is 1100. The number of piperazine rings is 1. The van der Waals surface area contributed by atoms with Crippen molar-refractivity contribution in [2.45, 2.75) is 23.4 Å². The van der Waals surface area contributed by atoms with Crippen LogP contribution in [0.25, 0.3) is 0 Å². The molecule has 2 aromatic rings. The predicted octanol–water partition coefficient (Wildman–Crippen LogP) is 3.01. The molecule has 0 aliphatic carbocycles. The Balaban J connectivity index is 1.66. The number of anilines is 1. The molecule has 1 amide bonds. The van der Waals surface area contributed by atoms with Crippen molar-refractivity contribution in [1.82, 2.24) is 9.21 Å². The molecule has 174 valence electrons. The molecule has 1 aliphatic heterocycles. The van der Waals surface area contributed by atoms with Gasteiger partial charge in [0.2, 0.25) is 5.91 Å². The zero-order valence-electron chi connectivity index (χ0n) is 16.7. The average molecular weight is 493 g/mol. The van der Waals surface area contributed by atoms with Gasteiger partial charge in [0.25, 0.3) is 15.7 Å². The summed E-state index contributed by atoms with van der Waals surface area (Å²) < 4.78 is 65.2. The standard InChI is InChI=1S/C18H19F3N4O5S2/c1-12(22-14-5-4-13(18(19,20)21)11-15(14)25(27)28)17(26)23-6-8-24(9-7-23)32(29,30)16-3-2-10-31-16/h2-5,10-12,22H,6-9H2,1H3/t12-/m1/s1. The number of rotatable bonds is 6. The Kier molecular flexibility index (Phi) is 6.76. The Hall–Kier alpha value is -2.71. The van der Waals surface area contributed by atoms with Crippen LogP contribution in [0.4, 0.5) is 24.5 Å². The topological polar surface area (TPSA) is 113 Å². The first-order chi connectivity index (χ1) is 14.9. The molecule has 0 unspecified atom stereocenters. The molecule has 0 spiro atoms. The number of nitro benzene ring substituents is 1. The van der Waals surface area contributed by atoms with Gasteiger partial charge in [-0.15, -0.1) is 11.3 Å². The predicted molar refractivity (Wildman–Crippen MR) is 111 cm³/mol. The number of carbonyl (C=O) groups excluding carboxylic acids is 1. The van der Waals surface area contributed by atoms with Crippen molar-refractivity contribution in [3.63, 3.8) is 0 Å². The fraction of sp³-hybridized carbons (Fsp3) is 0.389. The fourth-order valence-corrected chi connectivity index (χ4v) is 5.80. The molecule has 0 bridgehead atoms. The maximum atomic E-state index is 12.9. The number of alkyl halides is 3. The van der Waals surface area contributed by atoms with E-state index < -0.39 is 44.3 Å². The van der Waals surface area contributed by atoms with Gasteiger partial charge in [0.1, 0.15) is 15.9 Å². The largest absolute Gasteiger partial charge is 0.416 e. The van der Waals surface area contributed by atoms with Gasteiger partial charge in [-0.2, -0.15) is 17.5 Å². The van der Waals surface area contributed by atoms with E-state index in [4.69, 9.17) is 0 Å². The SMILES string of the molecule is C[C@@H](Nc1ccc(C(F)(F)F)cc1[N+](=O)[O-])C(=O)N1CCN(S(=O)(=O)c2cccs2)CC1. The number of nitrogens with zero attached hydrogens (tertiary/aromatic N) is 3. The highest BCUT2D eigenvalue weighted by atomic mass is 32.2. The highest BCUT2D eigenvalue weighted by Crippen LogP contribution is 2.35. The lowest BCUT2D eigenvalue weighted by molar-refractivity contribution is -0.384. The summed E-state index contributed by atoms with van der Waals surface area (Å²) >= 11 is 1.10. The molecule has 2 heterocycles. The smallest absolute Gasteiger partial charge is 0.368 e. The molecule has 1 aromatic heterocycles. The molecule has 0 radical (unpaired) electrons. The van der Waals surface area contributed by atoms with Crippen LogP contribution in [0.3, 0.4) is 0 Å². The second-order valence-corrected chi connectivity index (χ2v) is 10.1. The monoisotopic (exact) mass is 492 g/mol. The number of nitrogens with one attached hydrogen (secondary N) is 1. The van der Waals surface area contributed by atoms with Gasteiger partial charge in [0, 0.05) is 32.2 Å². The molecule has 1 N–H and O–H groups in total. The van der Waals surface area contributed by atoms with E-state index in [2.05, 4.69) is 5.32 Å². The molecule has 1 saturated heterocycles. The Labute approximate surface area is 185 Å². The van der Waals surface area contributed by atoms with Crippen molar-refractivity contribution in [3.8, 4) is 0 Å². The summed E-state index contributed by atoms with van der Waals surface area (Å²) in [6.07, 6.45) is -4.74. The number of sulfonamides is 1. The number of benzene rings is 1. The van der Waals surface area contributed by atoms with E-state index in [9.17, 15) is 36.5 Å². The molecule has 3 rings (SSSR count). The van der Waals surface area contributed by atoms with Gasteiger partial charge in [-0.25, -0.2) is 8.42 Å². The van der Waals surface area contributed by atoms with Crippen LogP contribution in [0.15, 0.2) is 39.9 Å². The van der Waals surface area contributed by atoms with Crippen LogP contribution in [0.2, 0.25) is 0 Å². The van der Waals surface area contributed by atoms with Gasteiger partial charge in [-0.1, -0.05) is 6.07 Å². The third-order valence-electron chi connectivity index (χ3n) is 4.90. The zero-order chi connectivity index (χ0) is 23.7. The van der Waals surface area contributed by atoms with Gasteiger partial charge in [-0.05, 0) is 30.5 Å². The summed E-state index contributed by atoms with van der Waals surface area (Å²) in [5.74, 6) is -0.452. The van der Waals surface area contributed by atoms with Crippen molar-refractivity contribution in [1.29, 1.82) is 0 Å². The molecule has 0 saturated carbocycles. The van der Waals surface area contributed by atoms with E-state index in [1.54, 1.807) is 11.4 Å². The summed E-state index contributed by atoms with van der Waals surface area (Å²) in [5.41, 5.74) is -2.19. The van der Waals surface area contributed by atoms with Crippen molar-refractivity contribution in [3.05, 3.63) is 51.4 Å². The molecule has 32 heavy (non-hydrogen) atoms. The van der Waals surface area contributed by atoms with Crippen LogP contribution in [0, 0.1) is 10.1 Å². The number of carbonyl (C=O) groups is 1. The summed E-state index contributed by atoms with van der Waals surface area (Å²) in [6.45, 7) is 1.83. The van der Waals surface area contributed by atoms with Crippen LogP contribution in [-0.2, 0) is 21.0 Å². The lowest BCUT2D eigenvalue weighted by Gasteiger charge is -2.35. The molecular weight excluding hydrogens is 473 g/mol. The van der Waals surface area contributed by atoms with Gasteiger partial charge >= 0.3 is 6.18 Å². The summed E-state index contributed by atoms with van der Waals surface area (Å²) in [6, 6.07) is 4.17. The minimum absolute atomic E-state index is 0.0825. The Morgan fingerprint density at radius 2 is 1.88 bits per heavy atom. The second kappa shape index (κ2) is 9.03. The lowest BCUT2D eigenvalue weighted by atomic mass is 10.1. The van der Waals surface area contributed by atoms with Crippen LogP contribution < -0.4 is 5.32 Å². The number of nitro groups is 1. The van der Waals surface area contributed by atoms with Crippen molar-refractivity contribution in [2.24, 2.45) is 0 Å². The molecule has 1 aromatic carbocycles. The first-order valence-electron chi connectivity index (χ1n) is 9.36. The minimum atomic E-state index is -4.74. The number of hydrogen-bond acceptors (Lipinski definition) is 7. The van der Waals surface area contributed by atoms with Crippen LogP contribution in [-0.4, -0.2) is 60.7 Å². The molecule has 1 fully saturated rings. The third kappa shape index (κ3) is 5.02. The maximum Gasteiger partial charge on any atom is 0.416 e. The molecule has 9 nitrogen and oxygen atoms in total. The summed E-state index contributed by atoms with van der Waals surface area (Å²) in [7, 11) is -3.64. The average Bonchev–Trinajstić information content (AvgIpc) is 3.28. The van der Waals surface area contributed by atoms with Crippen LogP contribution in [0.5, 0.6) is 0 Å². The quantitative estimate of drug-likeness (QED) is 0.490. The van der Waals surface area contributed by atoms with Crippen molar-refractivity contribution in [2.75, 3.05) is 31.5 Å². The first kappa shape index (κ1) is 23.9. The Morgan fingerprint density at radius 1 is 1.22 bits per heavy atom. The number of amides is 1. The number of halogens is 3. The number of hydrogen-bond donors (Lipinski definition) is 1. The first-order valence-corrected chi connectivity index (χ1v) is 11.7. The van der Waals surface area contributed by atoms with E-state index in [0.717, 1.165) is 17.4 Å². The highest BCUT2D eigenvalue weighted by Gasteiger charge is 2.35. The van der Waals surface area contributed by atoms with Crippen LogP contribution >= 0.6 is 11.3 Å². The van der Waals surface area contributed by atoms with Crippen LogP contribution in [0.1, 0.15) is 12.5 Å². The second-order valence-electron chi connectivity index (χ2n) is 7.01. The fourth-order valence-electron chi connectivity index (χ4n) is 3.24.